The van der Waals surface area contributed by atoms with Crippen LogP contribution in [0.1, 0.15) is 51.4 Å². The Morgan fingerprint density at radius 2 is 1.95 bits per heavy atom. The largest absolute Gasteiger partial charge is 0.385 e. The van der Waals surface area contributed by atoms with Gasteiger partial charge in [0.1, 0.15) is 0 Å². The van der Waals surface area contributed by atoms with Crippen LogP contribution in [0, 0.1) is 0 Å². The second kappa shape index (κ2) is 10.1. The number of benzene rings is 1. The van der Waals surface area contributed by atoms with Crippen molar-refractivity contribution >= 4 is 17.6 Å². The smallest absolute Gasteiger partial charge is 0.0351 e. The minimum absolute atomic E-state index is 0.691. The van der Waals surface area contributed by atoms with E-state index in [1.807, 2.05) is 0 Å². The molecule has 0 saturated heterocycles. The SMILES string of the molecule is NCCCCCNc1cccc(SNC2CCCCC2)c1. The maximum Gasteiger partial charge on any atom is 0.0351 e. The number of rotatable bonds is 9. The van der Waals surface area contributed by atoms with Crippen molar-refractivity contribution in [2.75, 3.05) is 18.4 Å². The number of anilines is 1. The molecular weight excluding hydrogens is 278 g/mol. The Morgan fingerprint density at radius 3 is 2.76 bits per heavy atom. The maximum atomic E-state index is 5.51. The normalized spacial score (nSPS) is 16.0. The first-order chi connectivity index (χ1) is 10.4. The topological polar surface area (TPSA) is 50.1 Å². The van der Waals surface area contributed by atoms with Gasteiger partial charge in [-0.05, 0) is 62.4 Å². The third-order valence-electron chi connectivity index (χ3n) is 3.99. The van der Waals surface area contributed by atoms with Gasteiger partial charge in [-0.15, -0.1) is 0 Å². The maximum absolute atomic E-state index is 5.51. The van der Waals surface area contributed by atoms with Crippen LogP contribution in [0.3, 0.4) is 0 Å². The summed E-state index contributed by atoms with van der Waals surface area (Å²) in [6, 6.07) is 9.39. The molecule has 1 aromatic rings. The molecule has 0 bridgehead atoms. The van der Waals surface area contributed by atoms with Gasteiger partial charge in [0, 0.05) is 23.2 Å². The Morgan fingerprint density at radius 1 is 1.10 bits per heavy atom. The van der Waals surface area contributed by atoms with Crippen LogP contribution < -0.4 is 15.8 Å². The van der Waals surface area contributed by atoms with Crippen LogP contribution in [-0.2, 0) is 0 Å². The molecule has 4 N–H and O–H groups in total. The van der Waals surface area contributed by atoms with Crippen molar-refractivity contribution in [3.63, 3.8) is 0 Å². The van der Waals surface area contributed by atoms with Crippen LogP contribution in [-0.4, -0.2) is 19.1 Å². The van der Waals surface area contributed by atoms with Crippen LogP contribution in [0.5, 0.6) is 0 Å². The molecule has 118 valence electrons. The van der Waals surface area contributed by atoms with Gasteiger partial charge in [-0.3, -0.25) is 4.72 Å². The van der Waals surface area contributed by atoms with Crippen molar-refractivity contribution in [3.05, 3.63) is 24.3 Å². The molecule has 0 unspecified atom stereocenters. The summed E-state index contributed by atoms with van der Waals surface area (Å²) in [5, 5.41) is 3.50. The molecule has 1 saturated carbocycles. The number of unbranched alkanes of at least 4 members (excludes halogenated alkanes) is 2. The Hall–Kier alpha value is -0.710. The first-order valence-electron chi connectivity index (χ1n) is 8.35. The van der Waals surface area contributed by atoms with Crippen molar-refractivity contribution in [2.45, 2.75) is 62.3 Å². The number of hydrogen-bond acceptors (Lipinski definition) is 4. The highest BCUT2D eigenvalue weighted by atomic mass is 32.2. The van der Waals surface area contributed by atoms with E-state index in [2.05, 4.69) is 34.3 Å². The average molecular weight is 308 g/mol. The van der Waals surface area contributed by atoms with E-state index in [1.165, 1.54) is 55.5 Å². The summed E-state index contributed by atoms with van der Waals surface area (Å²) in [6.07, 6.45) is 10.3. The third-order valence-corrected chi connectivity index (χ3v) is 4.93. The van der Waals surface area contributed by atoms with Crippen molar-refractivity contribution in [3.8, 4) is 0 Å². The summed E-state index contributed by atoms with van der Waals surface area (Å²) in [7, 11) is 0. The Kier molecular flexibility index (Phi) is 8.00. The molecule has 3 nitrogen and oxygen atoms in total. The molecule has 1 aromatic carbocycles. The monoisotopic (exact) mass is 307 g/mol. The van der Waals surface area contributed by atoms with Crippen molar-refractivity contribution < 1.29 is 0 Å². The molecule has 1 fully saturated rings. The van der Waals surface area contributed by atoms with Crippen molar-refractivity contribution in [2.24, 2.45) is 5.73 Å². The molecule has 1 aliphatic carbocycles. The Bertz CT molecular complexity index is 391. The summed E-state index contributed by atoms with van der Waals surface area (Å²) in [6.45, 7) is 1.84. The van der Waals surface area contributed by atoms with Crippen LogP contribution in [0.2, 0.25) is 0 Å². The third kappa shape index (κ3) is 6.72. The molecule has 4 heteroatoms. The second-order valence-corrected chi connectivity index (χ2v) is 6.77. The first-order valence-corrected chi connectivity index (χ1v) is 9.16. The van der Waals surface area contributed by atoms with Crippen molar-refractivity contribution in [1.82, 2.24) is 4.72 Å². The lowest BCUT2D eigenvalue weighted by Gasteiger charge is -2.22. The van der Waals surface area contributed by atoms with E-state index in [1.54, 1.807) is 11.9 Å². The van der Waals surface area contributed by atoms with Gasteiger partial charge in [0.25, 0.3) is 0 Å². The Balaban J connectivity index is 1.69. The highest BCUT2D eigenvalue weighted by Crippen LogP contribution is 2.24. The van der Waals surface area contributed by atoms with E-state index in [-0.39, 0.29) is 0 Å². The lowest BCUT2D eigenvalue weighted by molar-refractivity contribution is 0.423. The first kappa shape index (κ1) is 16.7. The van der Waals surface area contributed by atoms with Gasteiger partial charge in [0.05, 0.1) is 0 Å². The number of hydrogen-bond donors (Lipinski definition) is 3. The summed E-state index contributed by atoms with van der Waals surface area (Å²) < 4.78 is 3.62. The van der Waals surface area contributed by atoms with E-state index in [0.717, 1.165) is 19.5 Å². The highest BCUT2D eigenvalue weighted by molar-refractivity contribution is 7.97. The van der Waals surface area contributed by atoms with Gasteiger partial charge in [-0.1, -0.05) is 31.7 Å². The zero-order chi connectivity index (χ0) is 14.8. The minimum atomic E-state index is 0.691. The summed E-state index contributed by atoms with van der Waals surface area (Å²) in [5.41, 5.74) is 6.73. The van der Waals surface area contributed by atoms with Gasteiger partial charge >= 0.3 is 0 Å². The lowest BCUT2D eigenvalue weighted by atomic mass is 9.96. The minimum Gasteiger partial charge on any atom is -0.385 e. The van der Waals surface area contributed by atoms with E-state index in [9.17, 15) is 0 Å². The zero-order valence-corrected chi connectivity index (χ0v) is 13.8. The fraction of sp³-hybridized carbons (Fsp3) is 0.647. The number of nitrogens with two attached hydrogens (primary N) is 1. The van der Waals surface area contributed by atoms with Crippen LogP contribution in [0.25, 0.3) is 0 Å². The second-order valence-electron chi connectivity index (χ2n) is 5.86. The molecule has 0 radical (unpaired) electrons. The number of nitrogens with one attached hydrogen (secondary N) is 2. The van der Waals surface area contributed by atoms with Gasteiger partial charge in [-0.2, -0.15) is 0 Å². The summed E-state index contributed by atoms with van der Waals surface area (Å²) >= 11 is 1.78. The zero-order valence-electron chi connectivity index (χ0n) is 12.9. The van der Waals surface area contributed by atoms with Gasteiger partial charge in [0.2, 0.25) is 0 Å². The van der Waals surface area contributed by atoms with E-state index >= 15 is 0 Å². The standard InChI is InChI=1S/C17H29N3S/c18-12-5-2-6-13-19-16-10-7-11-17(14-16)21-20-15-8-3-1-4-9-15/h7,10-11,14-15,19-20H,1-6,8-9,12-13,18H2. The van der Waals surface area contributed by atoms with E-state index in [4.69, 9.17) is 5.73 Å². The van der Waals surface area contributed by atoms with E-state index < -0.39 is 0 Å². The van der Waals surface area contributed by atoms with Crippen LogP contribution in [0.4, 0.5) is 5.69 Å². The molecule has 0 aliphatic heterocycles. The molecular formula is C17H29N3S. The van der Waals surface area contributed by atoms with Crippen molar-refractivity contribution in [1.29, 1.82) is 0 Å². The quantitative estimate of drug-likeness (QED) is 0.474. The molecule has 0 aromatic heterocycles. The molecule has 1 aliphatic rings. The molecule has 2 rings (SSSR count). The summed E-state index contributed by atoms with van der Waals surface area (Å²) in [5.74, 6) is 0. The van der Waals surface area contributed by atoms with Gasteiger partial charge in [-0.25, -0.2) is 0 Å². The molecule has 0 heterocycles. The highest BCUT2D eigenvalue weighted by Gasteiger charge is 2.12. The van der Waals surface area contributed by atoms with Gasteiger partial charge in [0.15, 0.2) is 0 Å². The summed E-state index contributed by atoms with van der Waals surface area (Å²) in [4.78, 5) is 1.30. The molecule has 0 amide bonds. The molecule has 21 heavy (non-hydrogen) atoms. The van der Waals surface area contributed by atoms with Gasteiger partial charge < -0.3 is 11.1 Å². The fourth-order valence-corrected chi connectivity index (χ4v) is 3.59. The average Bonchev–Trinajstić information content (AvgIpc) is 2.54. The fourth-order valence-electron chi connectivity index (χ4n) is 2.72. The molecule has 0 atom stereocenters. The molecule has 0 spiro atoms. The lowest BCUT2D eigenvalue weighted by Crippen LogP contribution is -2.25. The van der Waals surface area contributed by atoms with Crippen LogP contribution >= 0.6 is 11.9 Å². The van der Waals surface area contributed by atoms with Crippen LogP contribution in [0.15, 0.2) is 29.2 Å². The predicted octanol–water partition coefficient (Wildman–Crippen LogP) is 4.16. The Labute approximate surface area is 133 Å². The predicted molar refractivity (Wildman–Crippen MR) is 93.7 cm³/mol. The van der Waals surface area contributed by atoms with E-state index in [0.29, 0.717) is 6.04 Å².